The topological polar surface area (TPSA) is 65.8 Å². The summed E-state index contributed by atoms with van der Waals surface area (Å²) >= 11 is 0. The molecule has 0 spiro atoms. The number of nitrogens with two attached hydrogens (primary N) is 1. The molecule has 15 heavy (non-hydrogen) atoms. The predicted molar refractivity (Wildman–Crippen MR) is 58.0 cm³/mol. The van der Waals surface area contributed by atoms with E-state index in [1.807, 2.05) is 13.0 Å². The fraction of sp³-hybridized carbons (Fsp3) is 0.200. The van der Waals surface area contributed by atoms with Crippen molar-refractivity contribution < 1.29 is 0 Å². The van der Waals surface area contributed by atoms with Crippen LogP contribution in [0.5, 0.6) is 0 Å². The first-order valence-electron chi connectivity index (χ1n) is 4.58. The lowest BCUT2D eigenvalue weighted by atomic mass is 10.4. The number of hydrogen-bond acceptors (Lipinski definition) is 3. The van der Waals surface area contributed by atoms with E-state index in [1.165, 1.54) is 4.57 Å². The Morgan fingerprint density at radius 1 is 1.47 bits per heavy atom. The summed E-state index contributed by atoms with van der Waals surface area (Å²) in [5, 5.41) is 4.17. The van der Waals surface area contributed by atoms with Gasteiger partial charge in [-0.3, -0.25) is 14.0 Å². The van der Waals surface area contributed by atoms with Gasteiger partial charge in [-0.25, -0.2) is 0 Å². The maximum absolute atomic E-state index is 11.7. The summed E-state index contributed by atoms with van der Waals surface area (Å²) in [4.78, 5) is 11.7. The van der Waals surface area contributed by atoms with Gasteiger partial charge < -0.3 is 5.73 Å². The first-order valence-corrected chi connectivity index (χ1v) is 4.58. The monoisotopic (exact) mass is 204 g/mol. The molecular formula is C10H12N4O. The van der Waals surface area contributed by atoms with Crippen molar-refractivity contribution in [2.24, 2.45) is 7.05 Å². The van der Waals surface area contributed by atoms with Gasteiger partial charge in [0.15, 0.2) is 0 Å². The number of aromatic nitrogens is 3. The molecule has 0 saturated heterocycles. The number of nitrogens with zero attached hydrogens (tertiary/aromatic N) is 3. The molecule has 2 N–H and O–H groups in total. The van der Waals surface area contributed by atoms with E-state index in [-0.39, 0.29) is 11.2 Å². The van der Waals surface area contributed by atoms with E-state index in [2.05, 4.69) is 5.10 Å². The van der Waals surface area contributed by atoms with E-state index in [0.29, 0.717) is 5.82 Å². The molecule has 0 bridgehead atoms. The van der Waals surface area contributed by atoms with Crippen molar-refractivity contribution in [3.63, 3.8) is 0 Å². The minimum absolute atomic E-state index is 0.222. The number of pyridine rings is 1. The summed E-state index contributed by atoms with van der Waals surface area (Å²) in [6.45, 7) is 1.88. The molecule has 5 nitrogen and oxygen atoms in total. The average Bonchev–Trinajstić information content (AvgIpc) is 2.50. The molecule has 2 rings (SSSR count). The highest BCUT2D eigenvalue weighted by atomic mass is 16.1. The molecule has 2 aromatic heterocycles. The van der Waals surface area contributed by atoms with Crippen LogP contribution in [0.2, 0.25) is 0 Å². The van der Waals surface area contributed by atoms with Crippen LogP contribution in [0.1, 0.15) is 5.69 Å². The second-order valence-electron chi connectivity index (χ2n) is 3.41. The molecule has 2 heterocycles. The lowest BCUT2D eigenvalue weighted by Crippen LogP contribution is -2.22. The van der Waals surface area contributed by atoms with Crippen molar-refractivity contribution >= 4 is 5.69 Å². The van der Waals surface area contributed by atoms with Crippen LogP contribution in [0.15, 0.2) is 29.2 Å². The number of hydrogen-bond donors (Lipinski definition) is 1. The van der Waals surface area contributed by atoms with Crippen LogP contribution in [0.25, 0.3) is 5.82 Å². The fourth-order valence-corrected chi connectivity index (χ4v) is 1.51. The maximum atomic E-state index is 11.7. The van der Waals surface area contributed by atoms with Gasteiger partial charge in [-0.2, -0.15) is 5.10 Å². The predicted octanol–water partition coefficient (Wildman–Crippen LogP) is 0.462. The number of nitrogen functional groups attached to an aromatic ring is 1. The summed E-state index contributed by atoms with van der Waals surface area (Å²) in [7, 11) is 1.79. The van der Waals surface area contributed by atoms with Crippen LogP contribution >= 0.6 is 0 Å². The van der Waals surface area contributed by atoms with Crippen LogP contribution in [-0.4, -0.2) is 14.3 Å². The lowest BCUT2D eigenvalue weighted by molar-refractivity contribution is 0.715. The Kier molecular flexibility index (Phi) is 2.07. The number of aryl methyl sites for hydroxylation is 2. The van der Waals surface area contributed by atoms with Crippen molar-refractivity contribution in [3.05, 3.63) is 40.4 Å². The zero-order chi connectivity index (χ0) is 11.0. The first kappa shape index (κ1) is 9.51. The Balaban J connectivity index is 2.69. The third-order valence-corrected chi connectivity index (χ3v) is 2.20. The Morgan fingerprint density at radius 2 is 2.20 bits per heavy atom. The molecule has 0 fully saturated rings. The van der Waals surface area contributed by atoms with Crippen LogP contribution in [0, 0.1) is 6.92 Å². The zero-order valence-electron chi connectivity index (χ0n) is 8.64. The molecule has 5 heteroatoms. The van der Waals surface area contributed by atoms with E-state index in [4.69, 9.17) is 5.73 Å². The first-order chi connectivity index (χ1) is 7.09. The van der Waals surface area contributed by atoms with Crippen molar-refractivity contribution in [1.82, 2.24) is 14.3 Å². The molecule has 0 saturated carbocycles. The highest BCUT2D eigenvalue weighted by Gasteiger charge is 2.06. The molecular weight excluding hydrogens is 192 g/mol. The van der Waals surface area contributed by atoms with E-state index in [9.17, 15) is 4.79 Å². The standard InChI is InChI=1S/C10H12N4O/c1-7-6-9(13(2)12-7)14-5-3-4-8(11)10(14)15/h3-6H,11H2,1-2H3. The van der Waals surface area contributed by atoms with Gasteiger partial charge in [0.2, 0.25) is 0 Å². The normalized spacial score (nSPS) is 10.5. The highest BCUT2D eigenvalue weighted by molar-refractivity contribution is 5.38. The van der Waals surface area contributed by atoms with Crippen molar-refractivity contribution in [3.8, 4) is 5.82 Å². The molecule has 0 aliphatic heterocycles. The van der Waals surface area contributed by atoms with Crippen LogP contribution < -0.4 is 11.3 Å². The molecule has 0 aromatic carbocycles. The van der Waals surface area contributed by atoms with Crippen LogP contribution in [0.4, 0.5) is 5.69 Å². The molecule has 0 amide bonds. The van der Waals surface area contributed by atoms with Gasteiger partial charge in [-0.1, -0.05) is 0 Å². The summed E-state index contributed by atoms with van der Waals surface area (Å²) in [5.41, 5.74) is 6.43. The summed E-state index contributed by atoms with van der Waals surface area (Å²) in [5.74, 6) is 0.713. The van der Waals surface area contributed by atoms with Gasteiger partial charge in [0.1, 0.15) is 5.82 Å². The van der Waals surface area contributed by atoms with Gasteiger partial charge >= 0.3 is 0 Å². The average molecular weight is 204 g/mol. The van der Waals surface area contributed by atoms with Crippen molar-refractivity contribution in [1.29, 1.82) is 0 Å². The number of anilines is 1. The quantitative estimate of drug-likeness (QED) is 0.734. The second-order valence-corrected chi connectivity index (χ2v) is 3.41. The van der Waals surface area contributed by atoms with Crippen LogP contribution in [0.3, 0.4) is 0 Å². The van der Waals surface area contributed by atoms with E-state index < -0.39 is 0 Å². The summed E-state index contributed by atoms with van der Waals surface area (Å²) in [6, 6.07) is 5.15. The minimum Gasteiger partial charge on any atom is -0.394 e. The van der Waals surface area contributed by atoms with Crippen molar-refractivity contribution in [2.75, 3.05) is 5.73 Å². The van der Waals surface area contributed by atoms with Crippen LogP contribution in [-0.2, 0) is 7.05 Å². The van der Waals surface area contributed by atoms with Crippen molar-refractivity contribution in [2.45, 2.75) is 6.92 Å². The van der Waals surface area contributed by atoms with E-state index in [0.717, 1.165) is 5.69 Å². The van der Waals surface area contributed by atoms with Gasteiger partial charge in [0.25, 0.3) is 5.56 Å². The smallest absolute Gasteiger partial charge is 0.279 e. The molecule has 2 aromatic rings. The third-order valence-electron chi connectivity index (χ3n) is 2.20. The van der Waals surface area contributed by atoms with E-state index in [1.54, 1.807) is 30.1 Å². The summed E-state index contributed by atoms with van der Waals surface area (Å²) in [6.07, 6.45) is 1.68. The van der Waals surface area contributed by atoms with Gasteiger partial charge in [0.05, 0.1) is 11.4 Å². The Morgan fingerprint density at radius 3 is 2.80 bits per heavy atom. The maximum Gasteiger partial charge on any atom is 0.279 e. The van der Waals surface area contributed by atoms with E-state index >= 15 is 0 Å². The molecule has 78 valence electrons. The zero-order valence-corrected chi connectivity index (χ0v) is 8.64. The Labute approximate surface area is 86.8 Å². The third kappa shape index (κ3) is 1.52. The Bertz CT molecular complexity index is 553. The molecule has 0 aliphatic rings. The highest BCUT2D eigenvalue weighted by Crippen LogP contribution is 2.06. The second kappa shape index (κ2) is 3.27. The fourth-order valence-electron chi connectivity index (χ4n) is 1.51. The molecule has 0 radical (unpaired) electrons. The molecule has 0 unspecified atom stereocenters. The van der Waals surface area contributed by atoms with Gasteiger partial charge in [-0.05, 0) is 19.1 Å². The number of rotatable bonds is 1. The van der Waals surface area contributed by atoms with Gasteiger partial charge in [-0.15, -0.1) is 0 Å². The lowest BCUT2D eigenvalue weighted by Gasteiger charge is -2.05. The molecule has 0 aliphatic carbocycles. The largest absolute Gasteiger partial charge is 0.394 e. The Hall–Kier alpha value is -2.04. The molecule has 0 atom stereocenters. The summed E-state index contributed by atoms with van der Waals surface area (Å²) < 4.78 is 3.13. The van der Waals surface area contributed by atoms with Gasteiger partial charge in [0, 0.05) is 19.3 Å². The minimum atomic E-state index is -0.222. The SMILES string of the molecule is Cc1cc(-n2cccc(N)c2=O)n(C)n1.